The zero-order valence-electron chi connectivity index (χ0n) is 12.4. The highest BCUT2D eigenvalue weighted by molar-refractivity contribution is 7.91. The van der Waals surface area contributed by atoms with Crippen molar-refractivity contribution < 1.29 is 8.42 Å². The zero-order chi connectivity index (χ0) is 14.9. The monoisotopic (exact) mass is 316 g/mol. The van der Waals surface area contributed by atoms with E-state index < -0.39 is 9.84 Å². The normalized spacial score (nSPS) is 26.3. The summed E-state index contributed by atoms with van der Waals surface area (Å²) in [7, 11) is -2.89. The molecule has 0 bridgehead atoms. The number of aryl methyl sites for hydroxylation is 1. The van der Waals surface area contributed by atoms with E-state index in [1.807, 2.05) is 6.92 Å². The number of sulfone groups is 1. The van der Waals surface area contributed by atoms with Gasteiger partial charge in [-0.3, -0.25) is 4.90 Å². The molecule has 114 valence electrons. The van der Waals surface area contributed by atoms with Crippen LogP contribution in [0.2, 0.25) is 0 Å². The van der Waals surface area contributed by atoms with Gasteiger partial charge in [0.15, 0.2) is 9.84 Å². The molecule has 1 aliphatic heterocycles. The van der Waals surface area contributed by atoms with Crippen LogP contribution < -0.4 is 5.73 Å². The number of nitrogens with zero attached hydrogens (tertiary/aromatic N) is 1. The maximum Gasteiger partial charge on any atom is 0.153 e. The minimum absolute atomic E-state index is 0.0258. The smallest absolute Gasteiger partial charge is 0.153 e. The van der Waals surface area contributed by atoms with Gasteiger partial charge in [0.2, 0.25) is 0 Å². The molecule has 0 spiro atoms. The van der Waals surface area contributed by atoms with E-state index in [1.165, 1.54) is 10.4 Å². The lowest BCUT2D eigenvalue weighted by molar-refractivity contribution is 0.136. The van der Waals surface area contributed by atoms with Crippen molar-refractivity contribution >= 4 is 21.2 Å². The van der Waals surface area contributed by atoms with E-state index in [4.69, 9.17) is 5.73 Å². The summed E-state index contributed by atoms with van der Waals surface area (Å²) in [4.78, 5) is 3.57. The SMILES string of the molecule is CCC(N)C(c1sccc1C)N1CCS(=O)(=O)CC1C. The van der Waals surface area contributed by atoms with E-state index in [0.29, 0.717) is 6.54 Å². The number of nitrogens with two attached hydrogens (primary N) is 1. The summed E-state index contributed by atoms with van der Waals surface area (Å²) in [6.07, 6.45) is 0.887. The predicted octanol–water partition coefficient (Wildman–Crippen LogP) is 1.95. The van der Waals surface area contributed by atoms with Gasteiger partial charge in [0.25, 0.3) is 0 Å². The van der Waals surface area contributed by atoms with Crippen molar-refractivity contribution in [1.29, 1.82) is 0 Å². The molecule has 1 aliphatic rings. The molecule has 2 heterocycles. The molecule has 0 saturated carbocycles. The van der Waals surface area contributed by atoms with Crippen LogP contribution in [0.1, 0.15) is 36.8 Å². The molecular weight excluding hydrogens is 292 g/mol. The molecule has 3 atom stereocenters. The third-order valence-electron chi connectivity index (χ3n) is 4.13. The summed E-state index contributed by atoms with van der Waals surface area (Å²) < 4.78 is 23.5. The predicted molar refractivity (Wildman–Crippen MR) is 84.9 cm³/mol. The summed E-state index contributed by atoms with van der Waals surface area (Å²) in [5.41, 5.74) is 7.61. The largest absolute Gasteiger partial charge is 0.326 e. The van der Waals surface area contributed by atoms with E-state index in [2.05, 4.69) is 30.2 Å². The van der Waals surface area contributed by atoms with Crippen molar-refractivity contribution in [2.45, 2.75) is 45.3 Å². The average Bonchev–Trinajstić information content (AvgIpc) is 2.77. The molecule has 4 nitrogen and oxygen atoms in total. The minimum Gasteiger partial charge on any atom is -0.326 e. The fraction of sp³-hybridized carbons (Fsp3) is 0.714. The molecule has 20 heavy (non-hydrogen) atoms. The number of hydrogen-bond acceptors (Lipinski definition) is 5. The van der Waals surface area contributed by atoms with Crippen LogP contribution in [0.3, 0.4) is 0 Å². The number of thiophene rings is 1. The van der Waals surface area contributed by atoms with Crippen molar-refractivity contribution in [2.24, 2.45) is 5.73 Å². The highest BCUT2D eigenvalue weighted by Gasteiger charge is 2.36. The molecule has 1 saturated heterocycles. The van der Waals surface area contributed by atoms with Gasteiger partial charge in [-0.1, -0.05) is 6.92 Å². The Labute approximate surface area is 125 Å². The van der Waals surface area contributed by atoms with Crippen molar-refractivity contribution in [1.82, 2.24) is 4.90 Å². The Balaban J connectivity index is 2.31. The fourth-order valence-corrected chi connectivity index (χ4v) is 5.63. The Morgan fingerprint density at radius 2 is 2.25 bits per heavy atom. The molecule has 1 fully saturated rings. The second-order valence-electron chi connectivity index (χ2n) is 5.69. The minimum atomic E-state index is -2.89. The lowest BCUT2D eigenvalue weighted by atomic mass is 9.99. The van der Waals surface area contributed by atoms with E-state index >= 15 is 0 Å². The summed E-state index contributed by atoms with van der Waals surface area (Å²) in [5.74, 6) is 0.485. The molecule has 0 amide bonds. The van der Waals surface area contributed by atoms with Crippen LogP contribution >= 0.6 is 11.3 Å². The van der Waals surface area contributed by atoms with Crippen molar-refractivity contribution in [2.75, 3.05) is 18.1 Å². The zero-order valence-corrected chi connectivity index (χ0v) is 14.0. The van der Waals surface area contributed by atoms with Crippen LogP contribution in [0.25, 0.3) is 0 Å². The Bertz CT molecular complexity index is 553. The number of hydrogen-bond donors (Lipinski definition) is 1. The Hall–Kier alpha value is -0.430. The summed E-state index contributed by atoms with van der Waals surface area (Å²) >= 11 is 1.73. The molecule has 0 radical (unpaired) electrons. The van der Waals surface area contributed by atoms with Gasteiger partial charge in [-0.2, -0.15) is 0 Å². The molecule has 1 aromatic rings. The Kier molecular flexibility index (Phi) is 4.89. The topological polar surface area (TPSA) is 63.4 Å². The lowest BCUT2D eigenvalue weighted by Crippen LogP contribution is -2.52. The second kappa shape index (κ2) is 6.13. The molecule has 2 N–H and O–H groups in total. The van der Waals surface area contributed by atoms with Gasteiger partial charge in [0, 0.05) is 23.5 Å². The first-order valence-corrected chi connectivity index (χ1v) is 9.81. The van der Waals surface area contributed by atoms with Gasteiger partial charge < -0.3 is 5.73 Å². The fourth-order valence-electron chi connectivity index (χ4n) is 2.93. The maximum atomic E-state index is 11.8. The first kappa shape index (κ1) is 15.9. The Morgan fingerprint density at radius 3 is 2.75 bits per heavy atom. The quantitative estimate of drug-likeness (QED) is 0.922. The molecular formula is C14H24N2O2S2. The number of rotatable bonds is 4. The summed E-state index contributed by atoms with van der Waals surface area (Å²) in [5, 5.41) is 2.09. The summed E-state index contributed by atoms with van der Waals surface area (Å²) in [6.45, 7) is 6.77. The highest BCUT2D eigenvalue weighted by Crippen LogP contribution is 2.34. The van der Waals surface area contributed by atoms with Crippen molar-refractivity contribution in [3.8, 4) is 0 Å². The second-order valence-corrected chi connectivity index (χ2v) is 8.86. The van der Waals surface area contributed by atoms with Crippen molar-refractivity contribution in [3.63, 3.8) is 0 Å². The molecule has 6 heteroatoms. The van der Waals surface area contributed by atoms with Crippen molar-refractivity contribution in [3.05, 3.63) is 21.9 Å². The van der Waals surface area contributed by atoms with E-state index in [0.717, 1.165) is 6.42 Å². The van der Waals surface area contributed by atoms with Gasteiger partial charge >= 0.3 is 0 Å². The highest BCUT2D eigenvalue weighted by atomic mass is 32.2. The van der Waals surface area contributed by atoms with Crippen LogP contribution in [0.5, 0.6) is 0 Å². The van der Waals surface area contributed by atoms with Crippen LogP contribution in [0.4, 0.5) is 0 Å². The van der Waals surface area contributed by atoms with E-state index in [9.17, 15) is 8.42 Å². The van der Waals surface area contributed by atoms with Gasteiger partial charge in [0.1, 0.15) is 0 Å². The standard InChI is InChI=1S/C14H24N2O2S2/c1-4-12(15)13(14-10(2)5-7-19-14)16-6-8-20(17,18)9-11(16)3/h5,7,11-13H,4,6,8-9,15H2,1-3H3. The third-order valence-corrected chi connectivity index (χ3v) is 7.01. The molecule has 0 aromatic carbocycles. The molecule has 3 unspecified atom stereocenters. The molecule has 0 aliphatic carbocycles. The first-order valence-electron chi connectivity index (χ1n) is 7.11. The third kappa shape index (κ3) is 3.24. The van der Waals surface area contributed by atoms with E-state index in [1.54, 1.807) is 11.3 Å². The molecule has 2 rings (SSSR count). The van der Waals surface area contributed by atoms with Gasteiger partial charge in [-0.25, -0.2) is 8.42 Å². The lowest BCUT2D eigenvalue weighted by Gasteiger charge is -2.41. The first-order chi connectivity index (χ1) is 9.35. The average molecular weight is 316 g/mol. The maximum absolute atomic E-state index is 11.8. The van der Waals surface area contributed by atoms with Gasteiger partial charge in [-0.15, -0.1) is 11.3 Å². The van der Waals surface area contributed by atoms with Crippen LogP contribution in [-0.4, -0.2) is 43.5 Å². The van der Waals surface area contributed by atoms with Crippen LogP contribution in [0, 0.1) is 6.92 Å². The summed E-state index contributed by atoms with van der Waals surface area (Å²) in [6, 6.07) is 2.31. The van der Waals surface area contributed by atoms with Gasteiger partial charge in [-0.05, 0) is 37.3 Å². The molecule has 1 aromatic heterocycles. The Morgan fingerprint density at radius 1 is 1.55 bits per heavy atom. The van der Waals surface area contributed by atoms with Crippen LogP contribution in [-0.2, 0) is 9.84 Å². The van der Waals surface area contributed by atoms with E-state index in [-0.39, 0.29) is 29.6 Å². The van der Waals surface area contributed by atoms with Crippen LogP contribution in [0.15, 0.2) is 11.4 Å². The van der Waals surface area contributed by atoms with Gasteiger partial charge in [0.05, 0.1) is 17.5 Å².